The molecule has 0 aliphatic rings. The van der Waals surface area contributed by atoms with E-state index in [0.717, 1.165) is 0 Å². The third-order valence-electron chi connectivity index (χ3n) is 1.34. The number of alkyl halides is 6. The van der Waals surface area contributed by atoms with Crippen molar-refractivity contribution in [2.75, 3.05) is 13.2 Å². The zero-order valence-corrected chi connectivity index (χ0v) is 13.9. The van der Waals surface area contributed by atoms with E-state index in [4.69, 9.17) is 0 Å². The molecule has 0 saturated heterocycles. The van der Waals surface area contributed by atoms with Gasteiger partial charge >= 0.3 is 41.7 Å². The van der Waals surface area contributed by atoms with Gasteiger partial charge in [0.2, 0.25) is 0 Å². The third kappa shape index (κ3) is 12.6. The Bertz CT molecular complexity index is 542. The molecule has 0 aliphatic carbocycles. The van der Waals surface area contributed by atoms with Crippen molar-refractivity contribution in [2.24, 2.45) is 0 Å². The van der Waals surface area contributed by atoms with Gasteiger partial charge in [-0.1, -0.05) is 0 Å². The van der Waals surface area contributed by atoms with Crippen LogP contribution in [0.5, 0.6) is 0 Å². The van der Waals surface area contributed by atoms with Crippen molar-refractivity contribution >= 4 is 29.4 Å². The first-order chi connectivity index (χ1) is 9.83. The second-order valence-electron chi connectivity index (χ2n) is 4.14. The molecule has 0 N–H and O–H groups in total. The van der Waals surface area contributed by atoms with Crippen LogP contribution < -0.4 is 0 Å². The minimum absolute atomic E-state index is 0.704. The molecule has 0 atom stereocenters. The molecule has 0 saturated carbocycles. The van der Waals surface area contributed by atoms with Gasteiger partial charge in [-0.25, -0.2) is 8.37 Å². The van der Waals surface area contributed by atoms with Crippen LogP contribution in [-0.2, 0) is 36.9 Å². The highest BCUT2D eigenvalue weighted by molar-refractivity contribution is 7.84. The highest BCUT2D eigenvalue weighted by Gasteiger charge is 2.41. The van der Waals surface area contributed by atoms with E-state index < -0.39 is 54.9 Å². The molecular weight excluding hydrogens is 406 g/mol. The van der Waals surface area contributed by atoms with E-state index in [1.165, 1.54) is 0 Å². The lowest BCUT2D eigenvalue weighted by molar-refractivity contribution is -0.153. The van der Waals surface area contributed by atoms with Gasteiger partial charge in [0, 0.05) is 0 Å². The standard InChI is InChI=1S/C6H10F6O8S2Si/c1-23(2,19-21(13,14)17-3-5(7,8)9)20-22(15,16)18-4-6(10,11)12/h3-4H2,1-2H3. The van der Waals surface area contributed by atoms with Crippen molar-refractivity contribution in [1.29, 1.82) is 0 Å². The normalized spacial score (nSPS) is 15.0. The van der Waals surface area contributed by atoms with Crippen LogP contribution in [0.3, 0.4) is 0 Å². The molecule has 23 heavy (non-hydrogen) atoms. The molecule has 8 nitrogen and oxygen atoms in total. The highest BCUT2D eigenvalue weighted by atomic mass is 32.3. The van der Waals surface area contributed by atoms with Crippen molar-refractivity contribution in [3.8, 4) is 0 Å². The molecule has 0 heterocycles. The van der Waals surface area contributed by atoms with Crippen molar-refractivity contribution in [1.82, 2.24) is 0 Å². The van der Waals surface area contributed by atoms with E-state index in [0.29, 0.717) is 13.1 Å². The van der Waals surface area contributed by atoms with Gasteiger partial charge < -0.3 is 0 Å². The SMILES string of the molecule is C[Si](C)(OS(=O)(=O)OCC(F)(F)F)OS(=O)(=O)OCC(F)(F)F. The Kier molecular flexibility index (Phi) is 7.05. The maximum absolute atomic E-state index is 11.8. The molecule has 0 rings (SSSR count). The van der Waals surface area contributed by atoms with Crippen LogP contribution in [0.25, 0.3) is 0 Å². The lowest BCUT2D eigenvalue weighted by Crippen LogP contribution is -2.41. The Morgan fingerprint density at radius 1 is 0.739 bits per heavy atom. The van der Waals surface area contributed by atoms with Gasteiger partial charge in [-0.3, -0.25) is 7.74 Å². The fourth-order valence-electron chi connectivity index (χ4n) is 0.832. The quantitative estimate of drug-likeness (QED) is 0.432. The first kappa shape index (κ1) is 22.5. The van der Waals surface area contributed by atoms with Crippen LogP contribution in [0.15, 0.2) is 0 Å². The number of halogens is 6. The molecule has 0 aromatic carbocycles. The Labute approximate surface area is 128 Å². The minimum atomic E-state index is -5.31. The van der Waals surface area contributed by atoms with Crippen LogP contribution in [0.1, 0.15) is 0 Å². The summed E-state index contributed by atoms with van der Waals surface area (Å²) in [6.45, 7) is -3.10. The predicted octanol–water partition coefficient (Wildman–Crippen LogP) is 1.37. The number of rotatable bonds is 8. The van der Waals surface area contributed by atoms with E-state index in [1.54, 1.807) is 0 Å². The predicted molar refractivity (Wildman–Crippen MR) is 61.5 cm³/mol. The van der Waals surface area contributed by atoms with Crippen LogP contribution >= 0.6 is 0 Å². The average molecular weight is 416 g/mol. The topological polar surface area (TPSA) is 105 Å². The zero-order chi connectivity index (χ0) is 18.7. The molecule has 0 unspecified atom stereocenters. The van der Waals surface area contributed by atoms with E-state index >= 15 is 0 Å². The van der Waals surface area contributed by atoms with Crippen molar-refractivity contribution in [3.05, 3.63) is 0 Å². The third-order valence-corrected chi connectivity index (χ3v) is 7.00. The van der Waals surface area contributed by atoms with E-state index in [-0.39, 0.29) is 0 Å². The molecule has 0 bridgehead atoms. The summed E-state index contributed by atoms with van der Waals surface area (Å²) in [5.41, 5.74) is 0. The van der Waals surface area contributed by atoms with Gasteiger partial charge in [0.05, 0.1) is 0 Å². The Morgan fingerprint density at radius 3 is 1.22 bits per heavy atom. The summed E-state index contributed by atoms with van der Waals surface area (Å²) < 4.78 is 130. The molecule has 0 aromatic rings. The van der Waals surface area contributed by atoms with Gasteiger partial charge in [-0.05, 0) is 13.1 Å². The van der Waals surface area contributed by atoms with Gasteiger partial charge in [0.25, 0.3) is 0 Å². The van der Waals surface area contributed by atoms with Crippen molar-refractivity contribution in [3.63, 3.8) is 0 Å². The first-order valence-electron chi connectivity index (χ1n) is 5.16. The highest BCUT2D eigenvalue weighted by Crippen LogP contribution is 2.21. The van der Waals surface area contributed by atoms with E-state index in [9.17, 15) is 43.2 Å². The summed E-state index contributed by atoms with van der Waals surface area (Å²) >= 11 is 0. The molecule has 17 heteroatoms. The monoisotopic (exact) mass is 416 g/mol. The van der Waals surface area contributed by atoms with Crippen LogP contribution in [0.2, 0.25) is 13.1 Å². The van der Waals surface area contributed by atoms with Crippen LogP contribution in [0, 0.1) is 0 Å². The van der Waals surface area contributed by atoms with Gasteiger partial charge in [-0.2, -0.15) is 43.2 Å². The van der Waals surface area contributed by atoms with Gasteiger partial charge in [0.1, 0.15) is 0 Å². The smallest absolute Gasteiger partial charge is 0.262 e. The molecule has 140 valence electrons. The summed E-state index contributed by atoms with van der Waals surface area (Å²) in [5.74, 6) is 0. The van der Waals surface area contributed by atoms with E-state index in [1.807, 2.05) is 0 Å². The Hall–Kier alpha value is -0.463. The Morgan fingerprint density at radius 2 is 1.00 bits per heavy atom. The summed E-state index contributed by atoms with van der Waals surface area (Å²) in [4.78, 5) is 0. The molecule has 0 amide bonds. The van der Waals surface area contributed by atoms with E-state index in [2.05, 4.69) is 16.1 Å². The largest absolute Gasteiger partial charge is 0.413 e. The fraction of sp³-hybridized carbons (Fsp3) is 1.00. The summed E-state index contributed by atoms with van der Waals surface area (Å²) in [7, 11) is -15.0. The molecule has 0 fully saturated rings. The fourth-order valence-corrected chi connectivity index (χ4v) is 6.07. The van der Waals surface area contributed by atoms with Gasteiger partial charge in [0.15, 0.2) is 13.2 Å². The molecule has 0 aromatic heterocycles. The second kappa shape index (κ2) is 7.19. The summed E-state index contributed by atoms with van der Waals surface area (Å²) in [6, 6.07) is 0. The molecule has 0 spiro atoms. The number of hydrogen-bond acceptors (Lipinski definition) is 8. The summed E-state index contributed by atoms with van der Waals surface area (Å²) in [5, 5.41) is 0. The minimum Gasteiger partial charge on any atom is -0.262 e. The lowest BCUT2D eigenvalue weighted by Gasteiger charge is -2.21. The molecule has 0 aliphatic heterocycles. The maximum Gasteiger partial charge on any atom is 0.413 e. The molecule has 0 radical (unpaired) electrons. The first-order valence-corrected chi connectivity index (χ1v) is 10.6. The van der Waals surface area contributed by atoms with Crippen molar-refractivity contribution < 1.29 is 59.3 Å². The van der Waals surface area contributed by atoms with Crippen LogP contribution in [0.4, 0.5) is 26.3 Å². The number of hydrogen-bond donors (Lipinski definition) is 0. The maximum atomic E-state index is 11.8. The Balaban J connectivity index is 4.81. The van der Waals surface area contributed by atoms with Gasteiger partial charge in [-0.15, -0.1) is 0 Å². The van der Waals surface area contributed by atoms with Crippen molar-refractivity contribution in [2.45, 2.75) is 25.4 Å². The molecular formula is C6H10F6O8S2Si. The summed E-state index contributed by atoms with van der Waals surface area (Å²) in [6.07, 6.45) is -10.0. The lowest BCUT2D eigenvalue weighted by atomic mass is 10.7. The zero-order valence-electron chi connectivity index (χ0n) is 11.3. The average Bonchev–Trinajstić information content (AvgIpc) is 2.19. The second-order valence-corrected chi connectivity index (χ2v) is 10.4. The van der Waals surface area contributed by atoms with Crippen LogP contribution in [-0.4, -0.2) is 51.0 Å².